The van der Waals surface area contributed by atoms with Gasteiger partial charge < -0.3 is 0 Å². The Morgan fingerprint density at radius 1 is 1.50 bits per heavy atom. The van der Waals surface area contributed by atoms with Crippen molar-refractivity contribution >= 4 is 5.78 Å². The standard InChI is InChI=1S/C7H5NO2/c1-5-3-2-4-6(8-10)7(5)9/h2-4H,1H2. The van der Waals surface area contributed by atoms with Crippen LogP contribution in [-0.4, -0.2) is 5.78 Å². The Labute approximate surface area is 57.7 Å². The largest absolute Gasteiger partial charge is 0.287 e. The Hall–Kier alpha value is -1.51. The highest BCUT2D eigenvalue weighted by Gasteiger charge is 2.13. The zero-order chi connectivity index (χ0) is 7.56. The molecule has 0 heterocycles. The normalized spacial score (nSPS) is 17.0. The van der Waals surface area contributed by atoms with Gasteiger partial charge in [-0.2, -0.15) is 0 Å². The van der Waals surface area contributed by atoms with Crippen LogP contribution in [0.5, 0.6) is 0 Å². The van der Waals surface area contributed by atoms with Gasteiger partial charge in [-0.3, -0.25) is 4.79 Å². The van der Waals surface area contributed by atoms with Crippen LogP contribution >= 0.6 is 0 Å². The van der Waals surface area contributed by atoms with Crippen LogP contribution in [0.15, 0.2) is 41.3 Å². The van der Waals surface area contributed by atoms with Crippen molar-refractivity contribution in [2.24, 2.45) is 5.18 Å². The Morgan fingerprint density at radius 3 is 2.70 bits per heavy atom. The van der Waals surface area contributed by atoms with E-state index >= 15 is 0 Å². The molecule has 0 amide bonds. The van der Waals surface area contributed by atoms with E-state index in [1.54, 1.807) is 6.08 Å². The van der Waals surface area contributed by atoms with Gasteiger partial charge in [0.05, 0.1) is 0 Å². The minimum Gasteiger partial charge on any atom is -0.287 e. The first-order valence-electron chi connectivity index (χ1n) is 2.71. The highest BCUT2D eigenvalue weighted by Crippen LogP contribution is 2.11. The molecule has 0 bridgehead atoms. The number of nitroso groups, excluding NO2 is 1. The van der Waals surface area contributed by atoms with E-state index < -0.39 is 5.78 Å². The first kappa shape index (κ1) is 6.61. The van der Waals surface area contributed by atoms with Crippen molar-refractivity contribution in [3.8, 4) is 0 Å². The second kappa shape index (κ2) is 2.39. The van der Waals surface area contributed by atoms with Crippen molar-refractivity contribution in [1.82, 2.24) is 0 Å². The molecule has 0 aromatic rings. The second-order valence-electron chi connectivity index (χ2n) is 1.86. The van der Waals surface area contributed by atoms with E-state index in [1.807, 2.05) is 0 Å². The van der Waals surface area contributed by atoms with Crippen molar-refractivity contribution in [3.63, 3.8) is 0 Å². The summed E-state index contributed by atoms with van der Waals surface area (Å²) in [7, 11) is 0. The molecule has 0 spiro atoms. The molecule has 50 valence electrons. The third-order valence-corrected chi connectivity index (χ3v) is 1.17. The van der Waals surface area contributed by atoms with E-state index in [9.17, 15) is 9.70 Å². The molecule has 0 fully saturated rings. The molecule has 3 nitrogen and oxygen atoms in total. The van der Waals surface area contributed by atoms with Gasteiger partial charge >= 0.3 is 0 Å². The summed E-state index contributed by atoms with van der Waals surface area (Å²) in [6.07, 6.45) is 4.47. The van der Waals surface area contributed by atoms with Gasteiger partial charge in [0.2, 0.25) is 5.78 Å². The number of hydrogen-bond donors (Lipinski definition) is 0. The van der Waals surface area contributed by atoms with Crippen molar-refractivity contribution in [2.75, 3.05) is 0 Å². The van der Waals surface area contributed by atoms with Gasteiger partial charge in [0.1, 0.15) is 0 Å². The number of allylic oxidation sites excluding steroid dienone is 4. The van der Waals surface area contributed by atoms with Crippen LogP contribution in [0.25, 0.3) is 0 Å². The molecule has 0 saturated carbocycles. The summed E-state index contributed by atoms with van der Waals surface area (Å²) in [6.45, 7) is 3.42. The SMILES string of the molecule is C=C1C=CC=C(N=O)C1=O. The highest BCUT2D eigenvalue weighted by molar-refractivity contribution is 6.10. The first-order valence-corrected chi connectivity index (χ1v) is 2.71. The van der Waals surface area contributed by atoms with Crippen LogP contribution in [0, 0.1) is 4.91 Å². The van der Waals surface area contributed by atoms with Crippen LogP contribution < -0.4 is 0 Å². The Kier molecular flexibility index (Phi) is 1.58. The van der Waals surface area contributed by atoms with E-state index in [0.29, 0.717) is 5.57 Å². The summed E-state index contributed by atoms with van der Waals surface area (Å²) in [5.41, 5.74) is 0.226. The van der Waals surface area contributed by atoms with Gasteiger partial charge in [0.15, 0.2) is 5.70 Å². The number of Topliss-reactive ketones (excluding diaryl/α,β-unsaturated/α-hetero) is 1. The predicted octanol–water partition coefficient (Wildman–Crippen LogP) is 1.33. The highest BCUT2D eigenvalue weighted by atomic mass is 16.3. The summed E-state index contributed by atoms with van der Waals surface area (Å²) in [6, 6.07) is 0. The Bertz CT molecular complexity index is 261. The van der Waals surface area contributed by atoms with Crippen LogP contribution in [-0.2, 0) is 4.79 Å². The number of ketones is 1. The lowest BCUT2D eigenvalue weighted by Gasteiger charge is -1.99. The number of carbonyl (C=O) groups is 1. The minimum atomic E-state index is -0.391. The van der Waals surface area contributed by atoms with E-state index in [0.717, 1.165) is 0 Å². The van der Waals surface area contributed by atoms with Crippen molar-refractivity contribution in [1.29, 1.82) is 0 Å². The first-order chi connectivity index (χ1) is 4.75. The smallest absolute Gasteiger partial charge is 0.214 e. The average Bonchev–Trinajstić information content (AvgIpc) is 1.95. The number of carbonyl (C=O) groups excluding carboxylic acids is 1. The third kappa shape index (κ3) is 0.932. The monoisotopic (exact) mass is 135 g/mol. The van der Waals surface area contributed by atoms with Gasteiger partial charge in [-0.25, -0.2) is 0 Å². The predicted molar refractivity (Wildman–Crippen MR) is 37.2 cm³/mol. The van der Waals surface area contributed by atoms with E-state index in [2.05, 4.69) is 11.8 Å². The third-order valence-electron chi connectivity index (χ3n) is 1.17. The molecule has 1 aliphatic rings. The van der Waals surface area contributed by atoms with Crippen molar-refractivity contribution in [3.05, 3.63) is 41.0 Å². The summed E-state index contributed by atoms with van der Waals surface area (Å²) < 4.78 is 0. The summed E-state index contributed by atoms with van der Waals surface area (Å²) in [5, 5.41) is 2.53. The summed E-state index contributed by atoms with van der Waals surface area (Å²) >= 11 is 0. The molecule has 0 N–H and O–H groups in total. The van der Waals surface area contributed by atoms with Crippen molar-refractivity contribution < 1.29 is 4.79 Å². The lowest BCUT2D eigenvalue weighted by atomic mass is 10.1. The van der Waals surface area contributed by atoms with Crippen LogP contribution in [0.2, 0.25) is 0 Å². The molecule has 1 rings (SSSR count). The average molecular weight is 135 g/mol. The molecule has 0 saturated heterocycles. The van der Waals surface area contributed by atoms with Crippen LogP contribution in [0.1, 0.15) is 0 Å². The lowest BCUT2D eigenvalue weighted by molar-refractivity contribution is -0.112. The fourth-order valence-corrected chi connectivity index (χ4v) is 0.643. The zero-order valence-corrected chi connectivity index (χ0v) is 5.20. The molecule has 10 heavy (non-hydrogen) atoms. The molecule has 0 aromatic carbocycles. The maximum absolute atomic E-state index is 10.8. The maximum Gasteiger partial charge on any atom is 0.214 e. The fourth-order valence-electron chi connectivity index (χ4n) is 0.643. The summed E-state index contributed by atoms with van der Waals surface area (Å²) in [5.74, 6) is -0.391. The molecule has 0 unspecified atom stereocenters. The molecule has 3 heteroatoms. The number of hydrogen-bond acceptors (Lipinski definition) is 3. The topological polar surface area (TPSA) is 46.5 Å². The number of rotatable bonds is 1. The Morgan fingerprint density at radius 2 is 2.20 bits per heavy atom. The van der Waals surface area contributed by atoms with Gasteiger partial charge in [0.25, 0.3) is 0 Å². The zero-order valence-electron chi connectivity index (χ0n) is 5.20. The van der Waals surface area contributed by atoms with E-state index in [1.165, 1.54) is 12.2 Å². The molecular formula is C7H5NO2. The van der Waals surface area contributed by atoms with E-state index in [4.69, 9.17) is 0 Å². The quantitative estimate of drug-likeness (QED) is 0.402. The summed E-state index contributed by atoms with van der Waals surface area (Å²) in [4.78, 5) is 20.7. The van der Waals surface area contributed by atoms with E-state index in [-0.39, 0.29) is 5.70 Å². The Balaban J connectivity index is 3.03. The molecule has 0 aliphatic heterocycles. The minimum absolute atomic E-state index is 0.0764. The second-order valence-corrected chi connectivity index (χ2v) is 1.86. The van der Waals surface area contributed by atoms with Gasteiger partial charge in [-0.15, -0.1) is 4.91 Å². The van der Waals surface area contributed by atoms with Crippen LogP contribution in [0.3, 0.4) is 0 Å². The van der Waals surface area contributed by atoms with Crippen LogP contribution in [0.4, 0.5) is 0 Å². The molecule has 0 radical (unpaired) electrons. The number of nitrogens with zero attached hydrogens (tertiary/aromatic N) is 1. The van der Waals surface area contributed by atoms with Crippen molar-refractivity contribution in [2.45, 2.75) is 0 Å². The maximum atomic E-state index is 10.8. The fraction of sp³-hybridized carbons (Fsp3) is 0. The van der Waals surface area contributed by atoms with Gasteiger partial charge in [0, 0.05) is 5.57 Å². The van der Waals surface area contributed by atoms with Gasteiger partial charge in [-0.1, -0.05) is 18.7 Å². The molecule has 0 aromatic heterocycles. The molecule has 0 atom stereocenters. The lowest BCUT2D eigenvalue weighted by Crippen LogP contribution is -2.03. The van der Waals surface area contributed by atoms with Gasteiger partial charge in [-0.05, 0) is 11.3 Å². The molecular weight excluding hydrogens is 130 g/mol. The molecule has 1 aliphatic carbocycles.